The van der Waals surface area contributed by atoms with E-state index in [0.29, 0.717) is 41.7 Å². The molecule has 224 valence electrons. The number of nitrogens with two attached hydrogens (primary N) is 1. The summed E-state index contributed by atoms with van der Waals surface area (Å²) in [4.78, 5) is 14.2. The number of likely N-dealkylation sites (N-methyl/N-ethyl adjacent to an activating group) is 1. The summed E-state index contributed by atoms with van der Waals surface area (Å²) in [6.45, 7) is 5.03. The van der Waals surface area contributed by atoms with Gasteiger partial charge in [0.05, 0.1) is 33.8 Å². The van der Waals surface area contributed by atoms with Crippen LogP contribution in [-0.4, -0.2) is 77.5 Å². The fourth-order valence-electron chi connectivity index (χ4n) is 7.27. The molecule has 2 bridgehead atoms. The molecule has 1 aromatic carbocycles. The third-order valence-electron chi connectivity index (χ3n) is 9.38. The number of thiophene rings is 1. The first kappa shape index (κ1) is 28.2. The normalized spacial score (nSPS) is 24.3. The minimum atomic E-state index is -0.586. The fourth-order valence-corrected chi connectivity index (χ4v) is 8.22. The molecule has 0 spiro atoms. The Balaban J connectivity index is 1.55. The van der Waals surface area contributed by atoms with Gasteiger partial charge in [0.2, 0.25) is 5.88 Å². The highest BCUT2D eigenvalue weighted by Gasteiger charge is 2.53. The van der Waals surface area contributed by atoms with Crippen LogP contribution in [-0.2, 0) is 6.42 Å². The van der Waals surface area contributed by atoms with Crippen LogP contribution in [0.25, 0.3) is 32.1 Å². The first-order valence-electron chi connectivity index (χ1n) is 14.5. The number of nitrogen functional groups attached to an aromatic ring is 1. The van der Waals surface area contributed by atoms with Gasteiger partial charge in [0, 0.05) is 47.6 Å². The Morgan fingerprint density at radius 2 is 2.07 bits per heavy atom. The van der Waals surface area contributed by atoms with E-state index in [1.165, 1.54) is 12.1 Å². The van der Waals surface area contributed by atoms with Crippen LogP contribution in [0.15, 0.2) is 12.1 Å². The first-order valence-corrected chi connectivity index (χ1v) is 15.3. The van der Waals surface area contributed by atoms with Gasteiger partial charge in [0.15, 0.2) is 5.82 Å². The highest BCUT2D eigenvalue weighted by atomic mass is 32.1. The lowest BCUT2D eigenvalue weighted by Gasteiger charge is -2.47. The van der Waals surface area contributed by atoms with Crippen molar-refractivity contribution in [2.24, 2.45) is 0 Å². The van der Waals surface area contributed by atoms with Crippen molar-refractivity contribution in [3.05, 3.63) is 40.6 Å². The smallest absolute Gasteiger partial charge is 0.226 e. The number of aliphatic hydroxyl groups is 1. The molecule has 0 radical (unpaired) electrons. The zero-order valence-corrected chi connectivity index (χ0v) is 25.3. The minimum Gasteiger partial charge on any atom is -0.472 e. The van der Waals surface area contributed by atoms with Gasteiger partial charge in [-0.05, 0) is 58.5 Å². The van der Waals surface area contributed by atoms with Crippen LogP contribution in [0.4, 0.5) is 19.6 Å². The van der Waals surface area contributed by atoms with Crippen LogP contribution in [0.1, 0.15) is 36.6 Å². The minimum absolute atomic E-state index is 0.0194. The number of hydrogen-bond acceptors (Lipinski definition) is 10. The Kier molecular flexibility index (Phi) is 6.52. The highest BCUT2D eigenvalue weighted by molar-refractivity contribution is 7.23. The van der Waals surface area contributed by atoms with Crippen LogP contribution < -0.4 is 20.7 Å². The third-order valence-corrected chi connectivity index (χ3v) is 10.4. The highest BCUT2D eigenvalue weighted by Crippen LogP contribution is 2.48. The standard InChI is InChI=1S/C31H33F2N7O2S/c1-14-19(8-10-39(3)4)36-29-23-21(14)24(33)25(16-5-6-18(32)27-22(16)17(11-34)28(35)43-27)37-30(23)42-15(2)26-20-7-9-31(13-41,38-20)12-40(26)29/h5-6,15,20,26,38,41H,7-10,12-13,35H2,1-4H3/t15-,20-,26+,31+/m0/s1. The second-order valence-corrected chi connectivity index (χ2v) is 13.4. The van der Waals surface area contributed by atoms with Crippen molar-refractivity contribution in [3.8, 4) is 23.2 Å². The number of hydrogen-bond donors (Lipinski definition) is 3. The Morgan fingerprint density at radius 3 is 2.79 bits per heavy atom. The summed E-state index contributed by atoms with van der Waals surface area (Å²) < 4.78 is 38.8. The van der Waals surface area contributed by atoms with Crippen LogP contribution >= 0.6 is 11.3 Å². The number of rotatable bonds is 5. The predicted octanol–water partition coefficient (Wildman–Crippen LogP) is 4.11. The van der Waals surface area contributed by atoms with Crippen molar-refractivity contribution >= 4 is 43.0 Å². The van der Waals surface area contributed by atoms with E-state index in [1.807, 2.05) is 27.9 Å². The third kappa shape index (κ3) is 4.09. The average Bonchev–Trinajstić information content (AvgIpc) is 3.47. The molecule has 6 heterocycles. The van der Waals surface area contributed by atoms with Gasteiger partial charge in [0.25, 0.3) is 0 Å². The Labute approximate surface area is 251 Å². The molecule has 7 rings (SSSR count). The summed E-state index contributed by atoms with van der Waals surface area (Å²) in [5.41, 5.74) is 7.41. The molecule has 4 aromatic rings. The maximum atomic E-state index is 17.1. The zero-order chi connectivity index (χ0) is 30.4. The number of pyridine rings is 2. The number of anilines is 2. The number of piperazine rings is 1. The number of halogens is 2. The molecule has 3 aliphatic rings. The second-order valence-electron chi connectivity index (χ2n) is 12.3. The maximum absolute atomic E-state index is 17.1. The molecule has 4 N–H and O–H groups in total. The summed E-state index contributed by atoms with van der Waals surface area (Å²) in [5.74, 6) is -0.278. The maximum Gasteiger partial charge on any atom is 0.226 e. The number of benzene rings is 1. The Hall–Kier alpha value is -3.63. The summed E-state index contributed by atoms with van der Waals surface area (Å²) in [5, 5.41) is 25.2. The quantitative estimate of drug-likeness (QED) is 0.308. The average molecular weight is 606 g/mol. The monoisotopic (exact) mass is 605 g/mol. The summed E-state index contributed by atoms with van der Waals surface area (Å²) >= 11 is 0.963. The van der Waals surface area contributed by atoms with E-state index in [1.54, 1.807) is 0 Å². The van der Waals surface area contributed by atoms with Crippen LogP contribution in [0.2, 0.25) is 0 Å². The molecule has 0 saturated carbocycles. The molecule has 2 saturated heterocycles. The topological polar surface area (TPSA) is 124 Å². The number of nitrogens with one attached hydrogen (secondary N) is 1. The largest absolute Gasteiger partial charge is 0.472 e. The lowest BCUT2D eigenvalue weighted by Crippen LogP contribution is -2.68. The molecule has 43 heavy (non-hydrogen) atoms. The van der Waals surface area contributed by atoms with Gasteiger partial charge in [0.1, 0.15) is 34.5 Å². The summed E-state index contributed by atoms with van der Waals surface area (Å²) in [6.07, 6.45) is 1.93. The van der Waals surface area contributed by atoms with Crippen LogP contribution in [0, 0.1) is 29.9 Å². The van der Waals surface area contributed by atoms with Gasteiger partial charge in [-0.3, -0.25) is 0 Å². The summed E-state index contributed by atoms with van der Waals surface area (Å²) in [7, 11) is 3.96. The molecule has 3 aliphatic heterocycles. The predicted molar refractivity (Wildman–Crippen MR) is 164 cm³/mol. The number of aromatic nitrogens is 2. The van der Waals surface area contributed by atoms with E-state index in [-0.39, 0.29) is 62.6 Å². The van der Waals surface area contributed by atoms with Crippen molar-refractivity contribution < 1.29 is 18.6 Å². The molecule has 12 heteroatoms. The van der Waals surface area contributed by atoms with Gasteiger partial charge in [-0.1, -0.05) is 0 Å². The molecular weight excluding hydrogens is 572 g/mol. The Bertz CT molecular complexity index is 1850. The SMILES string of the molecule is Cc1c(CCN(C)C)nc2c3c(nc(-c4ccc(F)c5sc(N)c(C#N)c45)c(F)c13)O[C@@H](C)[C@@H]1[C@@H]3CC[C@](CO)(CN21)N3. The Morgan fingerprint density at radius 1 is 1.28 bits per heavy atom. The van der Waals surface area contributed by atoms with E-state index < -0.39 is 17.2 Å². The van der Waals surface area contributed by atoms with E-state index in [9.17, 15) is 14.8 Å². The molecule has 4 atom stereocenters. The molecule has 0 aliphatic carbocycles. The molecule has 9 nitrogen and oxygen atoms in total. The molecule has 3 aromatic heterocycles. The lowest BCUT2D eigenvalue weighted by molar-refractivity contribution is 0.115. The zero-order valence-electron chi connectivity index (χ0n) is 24.5. The lowest BCUT2D eigenvalue weighted by atomic mass is 9.94. The van der Waals surface area contributed by atoms with Crippen molar-refractivity contribution in [2.45, 2.75) is 56.8 Å². The molecular formula is C31H33F2N7O2S. The number of nitrogens with zero attached hydrogens (tertiary/aromatic N) is 5. The van der Waals surface area contributed by atoms with E-state index >= 15 is 4.39 Å². The van der Waals surface area contributed by atoms with Gasteiger partial charge in [-0.25, -0.2) is 18.7 Å². The van der Waals surface area contributed by atoms with Crippen molar-refractivity contribution in [1.82, 2.24) is 20.2 Å². The van der Waals surface area contributed by atoms with Gasteiger partial charge < -0.3 is 30.7 Å². The fraction of sp³-hybridized carbons (Fsp3) is 0.452. The number of fused-ring (bicyclic) bond motifs is 6. The van der Waals surface area contributed by atoms with Crippen molar-refractivity contribution in [3.63, 3.8) is 0 Å². The van der Waals surface area contributed by atoms with E-state index in [4.69, 9.17) is 20.4 Å². The molecule has 0 unspecified atom stereocenters. The first-order chi connectivity index (χ1) is 20.6. The number of aliphatic hydroxyl groups excluding tert-OH is 1. The van der Waals surface area contributed by atoms with Crippen molar-refractivity contribution in [1.29, 1.82) is 5.26 Å². The van der Waals surface area contributed by atoms with Crippen LogP contribution in [0.3, 0.4) is 0 Å². The van der Waals surface area contributed by atoms with E-state index in [2.05, 4.69) is 21.2 Å². The second kappa shape index (κ2) is 9.95. The van der Waals surface area contributed by atoms with Crippen LogP contribution in [0.5, 0.6) is 5.88 Å². The van der Waals surface area contributed by atoms with Gasteiger partial charge >= 0.3 is 0 Å². The number of aryl methyl sites for hydroxylation is 1. The van der Waals surface area contributed by atoms with E-state index in [0.717, 1.165) is 29.9 Å². The van der Waals surface area contributed by atoms with Gasteiger partial charge in [-0.15, -0.1) is 11.3 Å². The molecule has 2 fully saturated rings. The summed E-state index contributed by atoms with van der Waals surface area (Å²) in [6, 6.07) is 4.70. The number of ether oxygens (including phenoxy) is 1. The number of nitriles is 1. The van der Waals surface area contributed by atoms with Crippen molar-refractivity contribution in [2.75, 3.05) is 44.4 Å². The van der Waals surface area contributed by atoms with Gasteiger partial charge in [-0.2, -0.15) is 5.26 Å². The molecule has 0 amide bonds.